The molecule has 0 spiro atoms. The van der Waals surface area contributed by atoms with Crippen LogP contribution in [-0.4, -0.2) is 77.2 Å². The van der Waals surface area contributed by atoms with Gasteiger partial charge in [0.05, 0.1) is 17.1 Å². The van der Waals surface area contributed by atoms with Gasteiger partial charge in [0.1, 0.15) is 13.2 Å². The number of piperazine rings is 1. The van der Waals surface area contributed by atoms with Crippen molar-refractivity contribution in [2.75, 3.05) is 39.4 Å². The molecule has 2 aliphatic rings. The van der Waals surface area contributed by atoms with Gasteiger partial charge < -0.3 is 9.47 Å². The molecule has 0 bridgehead atoms. The smallest absolute Gasteiger partial charge is 0.243 e. The molecular weight excluding hydrogens is 432 g/mol. The summed E-state index contributed by atoms with van der Waals surface area (Å²) in [7, 11) is -3.61. The van der Waals surface area contributed by atoms with Crippen molar-refractivity contribution in [1.29, 1.82) is 0 Å². The second-order valence-electron chi connectivity index (χ2n) is 7.83. The number of rotatable bonds is 5. The molecule has 5 rings (SSSR count). The monoisotopic (exact) mass is 456 g/mol. The number of fused-ring (bicyclic) bond motifs is 1. The van der Waals surface area contributed by atoms with E-state index in [0.29, 0.717) is 57.4 Å². The summed E-state index contributed by atoms with van der Waals surface area (Å²) in [5.41, 5.74) is 2.06. The average Bonchev–Trinajstić information content (AvgIpc) is 3.27. The number of benzene rings is 2. The fraction of sp³-hybridized carbons (Fsp3) is 0.381. The fourth-order valence-electron chi connectivity index (χ4n) is 3.85. The van der Waals surface area contributed by atoms with E-state index in [0.717, 1.165) is 11.5 Å². The van der Waals surface area contributed by atoms with Crippen molar-refractivity contribution in [2.24, 2.45) is 0 Å². The van der Waals surface area contributed by atoms with Crippen molar-refractivity contribution >= 4 is 10.0 Å². The molecule has 0 radical (unpaired) electrons. The first-order valence-corrected chi connectivity index (χ1v) is 11.9. The van der Waals surface area contributed by atoms with Gasteiger partial charge >= 0.3 is 0 Å². The highest BCUT2D eigenvalue weighted by Crippen LogP contribution is 2.33. The Bertz CT molecular complexity index is 1200. The van der Waals surface area contributed by atoms with Gasteiger partial charge in [0, 0.05) is 32.2 Å². The van der Waals surface area contributed by atoms with Crippen molar-refractivity contribution in [1.82, 2.24) is 29.4 Å². The van der Waals surface area contributed by atoms with Crippen LogP contribution in [0.1, 0.15) is 11.4 Å². The summed E-state index contributed by atoms with van der Waals surface area (Å²) in [6.45, 7) is 5.41. The van der Waals surface area contributed by atoms with Gasteiger partial charge in [-0.2, -0.15) is 8.99 Å². The van der Waals surface area contributed by atoms with E-state index in [-0.39, 0.29) is 4.90 Å². The molecule has 32 heavy (non-hydrogen) atoms. The lowest BCUT2D eigenvalue weighted by Crippen LogP contribution is -2.48. The number of aromatic nitrogens is 4. The zero-order valence-electron chi connectivity index (χ0n) is 17.7. The van der Waals surface area contributed by atoms with Crippen LogP contribution in [0, 0.1) is 6.92 Å². The highest BCUT2D eigenvalue weighted by Gasteiger charge is 2.30. The van der Waals surface area contributed by atoms with Gasteiger partial charge in [-0.3, -0.25) is 4.90 Å². The first kappa shape index (κ1) is 20.9. The van der Waals surface area contributed by atoms with E-state index in [9.17, 15) is 8.42 Å². The summed E-state index contributed by atoms with van der Waals surface area (Å²) in [6, 6.07) is 12.8. The Morgan fingerprint density at radius 3 is 2.41 bits per heavy atom. The van der Waals surface area contributed by atoms with Gasteiger partial charge in [-0.05, 0) is 41.6 Å². The molecule has 0 N–H and O–H groups in total. The highest BCUT2D eigenvalue weighted by molar-refractivity contribution is 7.89. The van der Waals surface area contributed by atoms with Crippen molar-refractivity contribution in [3.63, 3.8) is 0 Å². The second kappa shape index (κ2) is 8.49. The van der Waals surface area contributed by atoms with E-state index in [2.05, 4.69) is 20.4 Å². The number of hydrogen-bond donors (Lipinski definition) is 0. The van der Waals surface area contributed by atoms with Crippen LogP contribution in [0.5, 0.6) is 11.5 Å². The summed E-state index contributed by atoms with van der Waals surface area (Å²) in [4.78, 5) is 2.38. The molecule has 1 saturated heterocycles. The van der Waals surface area contributed by atoms with Gasteiger partial charge in [-0.1, -0.05) is 17.7 Å². The fourth-order valence-corrected chi connectivity index (χ4v) is 5.29. The maximum Gasteiger partial charge on any atom is 0.243 e. The molecular formula is C21H24N6O4S. The Hall–Kier alpha value is -3.02. The molecule has 0 atom stereocenters. The van der Waals surface area contributed by atoms with E-state index < -0.39 is 10.0 Å². The van der Waals surface area contributed by atoms with Crippen molar-refractivity contribution < 1.29 is 17.9 Å². The van der Waals surface area contributed by atoms with Gasteiger partial charge in [0.15, 0.2) is 17.3 Å². The minimum absolute atomic E-state index is 0.221. The summed E-state index contributed by atoms with van der Waals surface area (Å²) in [5.74, 6) is 1.77. The number of aryl methyl sites for hydroxylation is 1. The molecule has 10 nitrogen and oxygen atoms in total. The Morgan fingerprint density at radius 1 is 0.938 bits per heavy atom. The Morgan fingerprint density at radius 2 is 1.66 bits per heavy atom. The van der Waals surface area contributed by atoms with E-state index in [1.54, 1.807) is 22.9 Å². The lowest BCUT2D eigenvalue weighted by Gasteiger charge is -2.33. The van der Waals surface area contributed by atoms with Crippen LogP contribution >= 0.6 is 0 Å². The SMILES string of the molecule is Cc1ccc(-n2nnnc2CN2CCN(S(=O)(=O)c3ccc4c(c3)OCCO4)CC2)cc1. The molecule has 1 aromatic heterocycles. The van der Waals surface area contributed by atoms with E-state index in [1.807, 2.05) is 31.2 Å². The van der Waals surface area contributed by atoms with Crippen LogP contribution in [0.15, 0.2) is 47.4 Å². The lowest BCUT2D eigenvalue weighted by molar-refractivity contribution is 0.170. The zero-order valence-corrected chi connectivity index (χ0v) is 18.5. The molecule has 168 valence electrons. The Labute approximate surface area is 186 Å². The van der Waals surface area contributed by atoms with E-state index >= 15 is 0 Å². The molecule has 1 fully saturated rings. The largest absolute Gasteiger partial charge is 0.486 e. The zero-order chi connectivity index (χ0) is 22.1. The van der Waals surface area contributed by atoms with Gasteiger partial charge in [-0.15, -0.1) is 5.10 Å². The Kier molecular flexibility index (Phi) is 5.53. The minimum atomic E-state index is -3.61. The third kappa shape index (κ3) is 4.06. The molecule has 3 heterocycles. The molecule has 0 unspecified atom stereocenters. The highest BCUT2D eigenvalue weighted by atomic mass is 32.2. The Balaban J connectivity index is 1.25. The summed E-state index contributed by atoms with van der Waals surface area (Å²) < 4.78 is 40.5. The van der Waals surface area contributed by atoms with Crippen LogP contribution in [0.3, 0.4) is 0 Å². The van der Waals surface area contributed by atoms with Crippen LogP contribution in [0.4, 0.5) is 0 Å². The molecule has 2 aliphatic heterocycles. The second-order valence-corrected chi connectivity index (χ2v) is 9.77. The topological polar surface area (TPSA) is 103 Å². The molecule has 2 aromatic carbocycles. The first-order chi connectivity index (χ1) is 15.5. The summed E-state index contributed by atoms with van der Waals surface area (Å²) in [6.07, 6.45) is 0. The van der Waals surface area contributed by atoms with E-state index in [1.165, 1.54) is 9.87 Å². The van der Waals surface area contributed by atoms with E-state index in [4.69, 9.17) is 9.47 Å². The number of hydrogen-bond acceptors (Lipinski definition) is 8. The molecule has 0 saturated carbocycles. The third-order valence-electron chi connectivity index (χ3n) is 5.66. The number of tetrazole rings is 1. The number of nitrogens with zero attached hydrogens (tertiary/aromatic N) is 6. The molecule has 0 amide bonds. The van der Waals surface area contributed by atoms with Crippen LogP contribution in [-0.2, 0) is 16.6 Å². The maximum absolute atomic E-state index is 13.1. The first-order valence-electron chi connectivity index (χ1n) is 10.5. The predicted octanol–water partition coefficient (Wildman–Crippen LogP) is 1.25. The van der Waals surface area contributed by atoms with Crippen LogP contribution < -0.4 is 9.47 Å². The summed E-state index contributed by atoms with van der Waals surface area (Å²) in [5, 5.41) is 12.1. The van der Waals surface area contributed by atoms with Crippen molar-refractivity contribution in [3.05, 3.63) is 53.9 Å². The minimum Gasteiger partial charge on any atom is -0.486 e. The van der Waals surface area contributed by atoms with Crippen LogP contribution in [0.25, 0.3) is 5.69 Å². The van der Waals surface area contributed by atoms with Gasteiger partial charge in [-0.25, -0.2) is 8.42 Å². The van der Waals surface area contributed by atoms with Gasteiger partial charge in [0.2, 0.25) is 10.0 Å². The number of ether oxygens (including phenoxy) is 2. The maximum atomic E-state index is 13.1. The predicted molar refractivity (Wildman–Crippen MR) is 115 cm³/mol. The van der Waals surface area contributed by atoms with Gasteiger partial charge in [0.25, 0.3) is 0 Å². The van der Waals surface area contributed by atoms with Crippen molar-refractivity contribution in [2.45, 2.75) is 18.4 Å². The third-order valence-corrected chi connectivity index (χ3v) is 7.55. The summed E-state index contributed by atoms with van der Waals surface area (Å²) >= 11 is 0. The molecule has 11 heteroatoms. The normalized spacial score (nSPS) is 17.4. The quantitative estimate of drug-likeness (QED) is 0.565. The standard InChI is InChI=1S/C21H24N6O4S/c1-16-2-4-17(5-3-16)27-21(22-23-24-27)15-25-8-10-26(11-9-25)32(28,29)18-6-7-19-20(14-18)31-13-12-30-19/h2-7,14H,8-13,15H2,1H3. The lowest BCUT2D eigenvalue weighted by atomic mass is 10.2. The molecule has 3 aromatic rings. The average molecular weight is 457 g/mol. The van der Waals surface area contributed by atoms with Crippen molar-refractivity contribution in [3.8, 4) is 17.2 Å². The number of sulfonamides is 1. The molecule has 0 aliphatic carbocycles. The van der Waals surface area contributed by atoms with Crippen LogP contribution in [0.2, 0.25) is 0 Å².